The van der Waals surface area contributed by atoms with Gasteiger partial charge in [-0.25, -0.2) is 0 Å². The van der Waals surface area contributed by atoms with Crippen molar-refractivity contribution in [3.8, 4) is 0 Å². The zero-order valence-electron chi connectivity index (χ0n) is 13.9. The molecule has 0 aliphatic carbocycles. The normalized spacial score (nSPS) is 17.8. The lowest BCUT2D eigenvalue weighted by Gasteiger charge is -2.27. The molecule has 5 heteroatoms. The van der Waals surface area contributed by atoms with Crippen molar-refractivity contribution in [1.29, 1.82) is 0 Å². The van der Waals surface area contributed by atoms with Crippen LogP contribution in [-0.2, 0) is 20.7 Å². The summed E-state index contributed by atoms with van der Waals surface area (Å²) < 4.78 is 30.7. The van der Waals surface area contributed by atoms with Crippen LogP contribution in [0.4, 0.5) is 0 Å². The molecule has 1 fully saturated rings. The maximum absolute atomic E-state index is 12.6. The van der Waals surface area contributed by atoms with Crippen LogP contribution in [0, 0.1) is 6.92 Å². The van der Waals surface area contributed by atoms with Crippen molar-refractivity contribution in [1.82, 2.24) is 0 Å². The molecule has 0 N–H and O–H groups in total. The number of hydrogen-bond donors (Lipinski definition) is 0. The van der Waals surface area contributed by atoms with E-state index in [0.29, 0.717) is 11.3 Å². The summed E-state index contributed by atoms with van der Waals surface area (Å²) in [5.41, 5.74) is 1.94. The summed E-state index contributed by atoms with van der Waals surface area (Å²) in [5, 5.41) is 0. The fraction of sp³-hybridized carbons (Fsp3) is 0.647. The predicted molar refractivity (Wildman–Crippen MR) is 92.3 cm³/mol. The Morgan fingerprint density at radius 3 is 2.50 bits per heavy atom. The van der Waals surface area contributed by atoms with E-state index in [4.69, 9.17) is 4.18 Å². The third-order valence-corrected chi connectivity index (χ3v) is 9.03. The second kappa shape index (κ2) is 7.75. The lowest BCUT2D eigenvalue weighted by Crippen LogP contribution is -2.28. The largest absolute Gasteiger partial charge is 0.297 e. The van der Waals surface area contributed by atoms with Crippen molar-refractivity contribution >= 4 is 18.9 Å². The lowest BCUT2D eigenvalue weighted by molar-refractivity contribution is 0.194. The first-order valence-electron chi connectivity index (χ1n) is 8.32. The van der Waals surface area contributed by atoms with Crippen LogP contribution in [0.1, 0.15) is 44.2 Å². The minimum Gasteiger partial charge on any atom is -0.263 e. The third-order valence-electron chi connectivity index (χ3n) is 4.37. The van der Waals surface area contributed by atoms with E-state index >= 15 is 0 Å². The molecule has 1 aromatic carbocycles. The SMILES string of the molecule is CCC[Si]1CCC(OS(=O)(=O)c2ccc(C)cc2CC)CC1. The zero-order chi connectivity index (χ0) is 16.2. The van der Waals surface area contributed by atoms with E-state index in [1.54, 1.807) is 6.07 Å². The van der Waals surface area contributed by atoms with Gasteiger partial charge >= 0.3 is 0 Å². The highest BCUT2D eigenvalue weighted by Crippen LogP contribution is 2.29. The van der Waals surface area contributed by atoms with Crippen LogP contribution < -0.4 is 0 Å². The summed E-state index contributed by atoms with van der Waals surface area (Å²) in [6.45, 7) is 6.19. The highest BCUT2D eigenvalue weighted by atomic mass is 32.2. The summed E-state index contributed by atoms with van der Waals surface area (Å²) in [5.74, 6) is 0. The topological polar surface area (TPSA) is 43.4 Å². The number of aryl methyl sites for hydroxylation is 2. The van der Waals surface area contributed by atoms with Gasteiger partial charge in [0.1, 0.15) is 0 Å². The van der Waals surface area contributed by atoms with Crippen molar-refractivity contribution in [2.24, 2.45) is 0 Å². The van der Waals surface area contributed by atoms with Gasteiger partial charge in [0, 0.05) is 8.80 Å². The molecule has 2 rings (SSSR count). The Hall–Kier alpha value is -0.653. The van der Waals surface area contributed by atoms with Crippen LogP contribution in [-0.4, -0.2) is 23.3 Å². The molecular weight excluding hydrogens is 312 g/mol. The highest BCUT2D eigenvalue weighted by Gasteiger charge is 2.28. The molecule has 0 amide bonds. The molecule has 1 radical (unpaired) electrons. The Labute approximate surface area is 136 Å². The molecule has 0 atom stereocenters. The van der Waals surface area contributed by atoms with E-state index < -0.39 is 10.1 Å². The van der Waals surface area contributed by atoms with E-state index in [-0.39, 0.29) is 14.9 Å². The van der Waals surface area contributed by atoms with Gasteiger partial charge in [0.25, 0.3) is 10.1 Å². The third kappa shape index (κ3) is 4.43. The van der Waals surface area contributed by atoms with Gasteiger partial charge in [-0.1, -0.05) is 56.1 Å². The summed E-state index contributed by atoms with van der Waals surface area (Å²) in [4.78, 5) is 0.352. The Kier molecular flexibility index (Phi) is 6.23. The van der Waals surface area contributed by atoms with E-state index in [0.717, 1.165) is 24.0 Å². The van der Waals surface area contributed by atoms with Crippen molar-refractivity contribution in [3.05, 3.63) is 29.3 Å². The molecular formula is C17H27O3SSi. The Morgan fingerprint density at radius 2 is 1.91 bits per heavy atom. The molecule has 1 aliphatic rings. The summed E-state index contributed by atoms with van der Waals surface area (Å²) in [6.07, 6.45) is 3.64. The van der Waals surface area contributed by atoms with Crippen LogP contribution >= 0.6 is 0 Å². The zero-order valence-corrected chi connectivity index (χ0v) is 15.7. The van der Waals surface area contributed by atoms with Gasteiger partial charge in [-0.2, -0.15) is 8.42 Å². The maximum atomic E-state index is 12.6. The number of benzene rings is 1. The molecule has 1 saturated heterocycles. The molecule has 0 aromatic heterocycles. The standard InChI is InChI=1S/C17H27O3SSi/c1-4-10-22-11-8-16(9-12-22)20-21(18,19)17-7-6-14(3)13-15(17)5-2/h6-7,13,16H,4-5,8-12H2,1-3H3. The molecule has 0 spiro atoms. The Balaban J connectivity index is 2.06. The Bertz CT molecular complexity index is 590. The monoisotopic (exact) mass is 339 g/mol. The van der Waals surface area contributed by atoms with Gasteiger partial charge in [0.15, 0.2) is 0 Å². The molecule has 123 valence electrons. The molecule has 22 heavy (non-hydrogen) atoms. The highest BCUT2D eigenvalue weighted by molar-refractivity contribution is 7.86. The van der Waals surface area contributed by atoms with E-state index in [1.807, 2.05) is 26.0 Å². The fourth-order valence-corrected chi connectivity index (χ4v) is 7.49. The lowest BCUT2D eigenvalue weighted by atomic mass is 10.1. The molecule has 0 bridgehead atoms. The van der Waals surface area contributed by atoms with Crippen LogP contribution in [0.25, 0.3) is 0 Å². The summed E-state index contributed by atoms with van der Waals surface area (Å²) in [6, 6.07) is 9.21. The van der Waals surface area contributed by atoms with Crippen LogP contribution in [0.5, 0.6) is 0 Å². The Morgan fingerprint density at radius 1 is 1.23 bits per heavy atom. The van der Waals surface area contributed by atoms with Crippen molar-refractivity contribution in [3.63, 3.8) is 0 Å². The molecule has 1 aliphatic heterocycles. The van der Waals surface area contributed by atoms with Crippen molar-refractivity contribution in [2.75, 3.05) is 0 Å². The quantitative estimate of drug-likeness (QED) is 0.572. The van der Waals surface area contributed by atoms with Crippen molar-refractivity contribution in [2.45, 2.75) is 75.6 Å². The van der Waals surface area contributed by atoms with Gasteiger partial charge < -0.3 is 0 Å². The van der Waals surface area contributed by atoms with Crippen LogP contribution in [0.3, 0.4) is 0 Å². The summed E-state index contributed by atoms with van der Waals surface area (Å²) in [7, 11) is -3.88. The van der Waals surface area contributed by atoms with Crippen molar-refractivity contribution < 1.29 is 12.6 Å². The minimum atomic E-state index is -3.64. The van der Waals surface area contributed by atoms with E-state index in [9.17, 15) is 8.42 Å². The number of hydrogen-bond acceptors (Lipinski definition) is 3. The molecule has 0 saturated carbocycles. The van der Waals surface area contributed by atoms with Gasteiger partial charge in [-0.15, -0.1) is 0 Å². The van der Waals surface area contributed by atoms with Gasteiger partial charge in [0.2, 0.25) is 0 Å². The molecule has 3 nitrogen and oxygen atoms in total. The number of rotatable bonds is 6. The maximum Gasteiger partial charge on any atom is 0.297 e. The first-order chi connectivity index (χ1) is 10.5. The van der Waals surface area contributed by atoms with Gasteiger partial charge in [-0.05, 0) is 37.8 Å². The minimum absolute atomic E-state index is 0.124. The molecule has 0 unspecified atom stereocenters. The van der Waals surface area contributed by atoms with Gasteiger partial charge in [-0.3, -0.25) is 4.18 Å². The van der Waals surface area contributed by atoms with E-state index in [1.165, 1.54) is 24.6 Å². The first kappa shape index (κ1) is 17.7. The average Bonchev–Trinajstić information content (AvgIpc) is 2.49. The van der Waals surface area contributed by atoms with Crippen LogP contribution in [0.2, 0.25) is 18.1 Å². The fourth-order valence-electron chi connectivity index (χ4n) is 3.16. The second-order valence-corrected chi connectivity index (χ2v) is 10.8. The predicted octanol–water partition coefficient (Wildman–Crippen LogP) is 4.33. The molecule has 1 heterocycles. The van der Waals surface area contributed by atoms with Crippen LogP contribution in [0.15, 0.2) is 23.1 Å². The second-order valence-electron chi connectivity index (χ2n) is 6.21. The average molecular weight is 340 g/mol. The summed E-state index contributed by atoms with van der Waals surface area (Å²) >= 11 is 0. The van der Waals surface area contributed by atoms with Gasteiger partial charge in [0.05, 0.1) is 11.0 Å². The van der Waals surface area contributed by atoms with E-state index in [2.05, 4.69) is 6.92 Å². The smallest absolute Gasteiger partial charge is 0.263 e. The molecule has 1 aromatic rings. The first-order valence-corrected chi connectivity index (χ1v) is 11.9.